The summed E-state index contributed by atoms with van der Waals surface area (Å²) in [6.45, 7) is 1.78. The summed E-state index contributed by atoms with van der Waals surface area (Å²) < 4.78 is 6.63. The van der Waals surface area contributed by atoms with E-state index in [1.165, 1.54) is 6.20 Å². The normalized spacial score (nSPS) is 15.8. The van der Waals surface area contributed by atoms with Gasteiger partial charge in [0, 0.05) is 12.0 Å². The molecule has 1 aliphatic heterocycles. The third kappa shape index (κ3) is 2.36. The number of nitrogens with one attached hydrogen (secondary N) is 2. The number of carboxylic acid groups (broad SMARTS) is 1. The predicted molar refractivity (Wildman–Crippen MR) is 80.9 cm³/mol. The molecule has 10 nitrogen and oxygen atoms in total. The molecular formula is C14H14N6O4. The quantitative estimate of drug-likeness (QED) is 0.620. The van der Waals surface area contributed by atoms with Crippen LogP contribution in [-0.4, -0.2) is 48.9 Å². The van der Waals surface area contributed by atoms with Crippen molar-refractivity contribution in [1.29, 1.82) is 0 Å². The maximum absolute atomic E-state index is 12.1. The summed E-state index contributed by atoms with van der Waals surface area (Å²) in [6, 6.07) is 1.55. The van der Waals surface area contributed by atoms with Crippen LogP contribution in [0.15, 0.2) is 21.6 Å². The van der Waals surface area contributed by atoms with Gasteiger partial charge in [-0.25, -0.2) is 9.31 Å². The summed E-state index contributed by atoms with van der Waals surface area (Å²) in [4.78, 5) is 29.5. The van der Waals surface area contributed by atoms with Gasteiger partial charge in [0.15, 0.2) is 0 Å². The molecule has 24 heavy (non-hydrogen) atoms. The molecule has 0 unspecified atom stereocenters. The first-order valence-electron chi connectivity index (χ1n) is 7.52. The van der Waals surface area contributed by atoms with Gasteiger partial charge in [0.1, 0.15) is 11.2 Å². The molecule has 0 atom stereocenters. The maximum atomic E-state index is 12.1. The van der Waals surface area contributed by atoms with Crippen molar-refractivity contribution in [2.24, 2.45) is 0 Å². The van der Waals surface area contributed by atoms with Crippen molar-refractivity contribution in [3.8, 4) is 11.5 Å². The summed E-state index contributed by atoms with van der Waals surface area (Å²) in [5.74, 6) is -1.51. The highest BCUT2D eigenvalue weighted by Crippen LogP contribution is 2.27. The number of H-pyrrole nitrogens is 1. The second-order valence-electron chi connectivity index (χ2n) is 5.63. The number of hydrogen-bond donors (Lipinski definition) is 3. The zero-order valence-corrected chi connectivity index (χ0v) is 12.5. The van der Waals surface area contributed by atoms with Crippen LogP contribution in [0.5, 0.6) is 0 Å². The zero-order chi connectivity index (χ0) is 16.7. The molecule has 3 N–H and O–H groups in total. The molecule has 4 heterocycles. The Kier molecular flexibility index (Phi) is 3.38. The standard InChI is InChI=1S/C14H14N6O4/c21-10-5-9(7-1-3-15-4-2-7)20-12(17-10)8(6-16-20)13-18-11(14(22)23)19-24-13/h5-7,15H,1-4H2,(H,17,21)(H,22,23). The average Bonchev–Trinajstić information content (AvgIpc) is 3.21. The number of aromatic carboxylic acids is 1. The molecule has 1 aliphatic rings. The molecule has 0 aliphatic carbocycles. The first kappa shape index (κ1) is 14.6. The Hall–Kier alpha value is -3.01. The van der Waals surface area contributed by atoms with Crippen molar-refractivity contribution in [2.75, 3.05) is 13.1 Å². The Morgan fingerprint density at radius 2 is 2.17 bits per heavy atom. The fourth-order valence-electron chi connectivity index (χ4n) is 3.00. The molecule has 1 saturated heterocycles. The van der Waals surface area contributed by atoms with Crippen LogP contribution in [0.2, 0.25) is 0 Å². The molecule has 0 saturated carbocycles. The van der Waals surface area contributed by atoms with Crippen LogP contribution >= 0.6 is 0 Å². The van der Waals surface area contributed by atoms with E-state index in [0.29, 0.717) is 11.2 Å². The number of carboxylic acids is 1. The zero-order valence-electron chi connectivity index (χ0n) is 12.5. The molecule has 3 aromatic heterocycles. The van der Waals surface area contributed by atoms with Gasteiger partial charge in [-0.15, -0.1) is 0 Å². The van der Waals surface area contributed by atoms with Gasteiger partial charge in [0.2, 0.25) is 0 Å². The molecule has 1 fully saturated rings. The smallest absolute Gasteiger partial charge is 0.377 e. The predicted octanol–water partition coefficient (Wildman–Crippen LogP) is 0.238. The van der Waals surface area contributed by atoms with Gasteiger partial charge in [0.05, 0.1) is 11.9 Å². The molecule has 10 heteroatoms. The molecule has 0 bridgehead atoms. The average molecular weight is 330 g/mol. The lowest BCUT2D eigenvalue weighted by Crippen LogP contribution is -2.28. The Morgan fingerprint density at radius 3 is 2.88 bits per heavy atom. The highest BCUT2D eigenvalue weighted by atomic mass is 16.5. The number of fused-ring (bicyclic) bond motifs is 1. The number of aromatic nitrogens is 5. The maximum Gasteiger partial charge on any atom is 0.377 e. The van der Waals surface area contributed by atoms with Crippen molar-refractivity contribution in [3.63, 3.8) is 0 Å². The van der Waals surface area contributed by atoms with Crippen molar-refractivity contribution >= 4 is 11.6 Å². The van der Waals surface area contributed by atoms with Crippen molar-refractivity contribution in [3.05, 3.63) is 34.1 Å². The summed E-state index contributed by atoms with van der Waals surface area (Å²) >= 11 is 0. The van der Waals surface area contributed by atoms with Crippen LogP contribution in [0.4, 0.5) is 0 Å². The summed E-state index contributed by atoms with van der Waals surface area (Å²) in [6.07, 6.45) is 3.31. The summed E-state index contributed by atoms with van der Waals surface area (Å²) in [5.41, 5.74) is 1.37. The molecule has 3 aromatic rings. The lowest BCUT2D eigenvalue weighted by Gasteiger charge is -2.23. The summed E-state index contributed by atoms with van der Waals surface area (Å²) in [5, 5.41) is 19.9. The van der Waals surface area contributed by atoms with Gasteiger partial charge in [-0.05, 0) is 31.1 Å². The molecular weight excluding hydrogens is 316 g/mol. The number of piperidine rings is 1. The number of rotatable bonds is 3. The number of hydrogen-bond acceptors (Lipinski definition) is 7. The first-order chi connectivity index (χ1) is 11.6. The fourth-order valence-corrected chi connectivity index (χ4v) is 3.00. The van der Waals surface area contributed by atoms with Crippen LogP contribution in [-0.2, 0) is 0 Å². The van der Waals surface area contributed by atoms with Crippen LogP contribution in [0.3, 0.4) is 0 Å². The van der Waals surface area contributed by atoms with Gasteiger partial charge >= 0.3 is 5.97 Å². The fraction of sp³-hybridized carbons (Fsp3) is 0.357. The minimum absolute atomic E-state index is 0.000473. The van der Waals surface area contributed by atoms with E-state index >= 15 is 0 Å². The Morgan fingerprint density at radius 1 is 1.38 bits per heavy atom. The van der Waals surface area contributed by atoms with Crippen LogP contribution in [0.1, 0.15) is 35.1 Å². The highest BCUT2D eigenvalue weighted by Gasteiger charge is 2.23. The second kappa shape index (κ2) is 5.57. The van der Waals surface area contributed by atoms with E-state index < -0.39 is 11.8 Å². The molecule has 124 valence electrons. The Balaban J connectivity index is 1.85. The van der Waals surface area contributed by atoms with E-state index in [4.69, 9.17) is 9.63 Å². The van der Waals surface area contributed by atoms with Gasteiger partial charge in [0.25, 0.3) is 17.3 Å². The minimum Gasteiger partial charge on any atom is -0.475 e. The number of aromatic amines is 1. The third-order valence-corrected chi connectivity index (χ3v) is 4.14. The van der Waals surface area contributed by atoms with Crippen molar-refractivity contribution in [2.45, 2.75) is 18.8 Å². The molecule has 0 radical (unpaired) electrons. The lowest BCUT2D eigenvalue weighted by molar-refractivity contribution is 0.0680. The second-order valence-corrected chi connectivity index (χ2v) is 5.63. The van der Waals surface area contributed by atoms with E-state index in [-0.39, 0.29) is 17.4 Å². The SMILES string of the molecule is O=C(O)c1noc(-c2cnn3c(C4CCNCC4)cc(=O)[nH]c23)n1. The van der Waals surface area contributed by atoms with E-state index in [9.17, 15) is 9.59 Å². The number of nitrogens with zero attached hydrogens (tertiary/aromatic N) is 4. The number of carbonyl (C=O) groups is 1. The third-order valence-electron chi connectivity index (χ3n) is 4.14. The van der Waals surface area contributed by atoms with E-state index in [2.05, 4.69) is 25.5 Å². The first-order valence-corrected chi connectivity index (χ1v) is 7.52. The van der Waals surface area contributed by atoms with Crippen molar-refractivity contribution in [1.82, 2.24) is 30.1 Å². The van der Waals surface area contributed by atoms with Gasteiger partial charge in [-0.3, -0.25) is 4.79 Å². The van der Waals surface area contributed by atoms with Crippen LogP contribution in [0.25, 0.3) is 17.1 Å². The van der Waals surface area contributed by atoms with Gasteiger partial charge in [-0.1, -0.05) is 0 Å². The van der Waals surface area contributed by atoms with Crippen molar-refractivity contribution < 1.29 is 14.4 Å². The summed E-state index contributed by atoms with van der Waals surface area (Å²) in [7, 11) is 0. The van der Waals surface area contributed by atoms with Gasteiger partial charge < -0.3 is 19.9 Å². The minimum atomic E-state index is -1.29. The molecule has 0 amide bonds. The Bertz CT molecular complexity index is 965. The van der Waals surface area contributed by atoms with Crippen LogP contribution < -0.4 is 10.9 Å². The Labute approximate surface area is 134 Å². The van der Waals surface area contributed by atoms with E-state index in [1.807, 2.05) is 0 Å². The molecule has 0 spiro atoms. The monoisotopic (exact) mass is 330 g/mol. The van der Waals surface area contributed by atoms with Gasteiger partial charge in [-0.2, -0.15) is 10.1 Å². The molecule has 0 aromatic carbocycles. The molecule has 4 rings (SSSR count). The lowest BCUT2D eigenvalue weighted by atomic mass is 9.94. The van der Waals surface area contributed by atoms with Crippen LogP contribution in [0, 0.1) is 0 Å². The topological polar surface area (TPSA) is 138 Å². The van der Waals surface area contributed by atoms with E-state index in [1.54, 1.807) is 10.6 Å². The van der Waals surface area contributed by atoms with E-state index in [0.717, 1.165) is 31.6 Å². The highest BCUT2D eigenvalue weighted by molar-refractivity contribution is 5.84. The largest absolute Gasteiger partial charge is 0.475 e.